The monoisotopic (exact) mass is 585 g/mol. The molecule has 2 bridgehead atoms. The Morgan fingerprint density at radius 2 is 1.79 bits per heavy atom. The summed E-state index contributed by atoms with van der Waals surface area (Å²) in [5.74, 6) is -1.25. The first-order valence-electron chi connectivity index (χ1n) is 14.3. The molecule has 0 saturated carbocycles. The Hall–Kier alpha value is -5.20. The van der Waals surface area contributed by atoms with Gasteiger partial charge in [-0.25, -0.2) is 4.52 Å². The zero-order valence-electron chi connectivity index (χ0n) is 24.0. The van der Waals surface area contributed by atoms with E-state index in [2.05, 4.69) is 31.3 Å². The van der Waals surface area contributed by atoms with Crippen LogP contribution >= 0.6 is 0 Å². The van der Waals surface area contributed by atoms with Gasteiger partial charge in [0.1, 0.15) is 22.9 Å². The van der Waals surface area contributed by atoms with E-state index in [1.165, 1.54) is 12.4 Å². The van der Waals surface area contributed by atoms with Gasteiger partial charge in [0.25, 0.3) is 11.8 Å². The predicted octanol–water partition coefficient (Wildman–Crippen LogP) is 0.989. The summed E-state index contributed by atoms with van der Waals surface area (Å²) < 4.78 is 3.44. The summed E-state index contributed by atoms with van der Waals surface area (Å²) in [6, 6.07) is 11.9. The van der Waals surface area contributed by atoms with Gasteiger partial charge in [-0.15, -0.1) is 0 Å². The summed E-state index contributed by atoms with van der Waals surface area (Å²) in [6.07, 6.45) is 7.57. The van der Waals surface area contributed by atoms with E-state index in [1.54, 1.807) is 27.7 Å². The largest absolute Gasteiger partial charge is 0.383 e. The van der Waals surface area contributed by atoms with Crippen molar-refractivity contribution in [2.75, 3.05) is 38.0 Å². The maximum atomic E-state index is 13.7. The Kier molecular flexibility index (Phi) is 9.29. The lowest BCUT2D eigenvalue weighted by Gasteiger charge is -2.24. The van der Waals surface area contributed by atoms with Crippen molar-refractivity contribution in [3.8, 4) is 0 Å². The minimum absolute atomic E-state index is 0.130. The van der Waals surface area contributed by atoms with E-state index in [1.807, 2.05) is 48.1 Å². The molecular weight excluding hydrogens is 550 g/mol. The molecule has 1 aliphatic heterocycles. The van der Waals surface area contributed by atoms with Crippen molar-refractivity contribution in [2.45, 2.75) is 25.3 Å². The van der Waals surface area contributed by atoms with Gasteiger partial charge < -0.3 is 30.7 Å². The highest BCUT2D eigenvalue weighted by molar-refractivity contribution is 6.00. The fourth-order valence-electron chi connectivity index (χ4n) is 5.01. The Labute approximate surface area is 248 Å². The van der Waals surface area contributed by atoms with Crippen LogP contribution in [0.1, 0.15) is 39.3 Å². The number of pyridine rings is 1. The number of benzene rings is 1. The minimum atomic E-state index is -0.875. The quantitative estimate of drug-likeness (QED) is 0.280. The van der Waals surface area contributed by atoms with Crippen molar-refractivity contribution in [2.24, 2.45) is 7.05 Å². The molecule has 1 aliphatic rings. The van der Waals surface area contributed by atoms with Crippen LogP contribution in [0.2, 0.25) is 0 Å². The number of rotatable bonds is 3. The fourth-order valence-corrected chi connectivity index (χ4v) is 5.01. The highest BCUT2D eigenvalue weighted by Crippen LogP contribution is 2.14. The number of carbonyl (C=O) groups excluding carboxylic acids is 4. The zero-order chi connectivity index (χ0) is 30.2. The van der Waals surface area contributed by atoms with Gasteiger partial charge in [-0.1, -0.05) is 30.3 Å². The number of anilines is 1. The SMILES string of the molecule is Cn1ccn2ncc(C(=O)N3CCCC(=O)NCCNc4ccnc(c4)C(=O)N[C@@H](Cc4ccccc4)C(=O)NCC3)c12. The fraction of sp³-hybridized carbons (Fsp3) is 0.333. The van der Waals surface area contributed by atoms with Crippen molar-refractivity contribution in [1.29, 1.82) is 0 Å². The number of nitrogens with one attached hydrogen (secondary N) is 4. The van der Waals surface area contributed by atoms with Crippen LogP contribution in [0.3, 0.4) is 0 Å². The van der Waals surface area contributed by atoms with Gasteiger partial charge in [0.05, 0.1) is 6.20 Å². The molecule has 3 aromatic heterocycles. The van der Waals surface area contributed by atoms with Gasteiger partial charge in [-0.3, -0.25) is 24.2 Å². The van der Waals surface area contributed by atoms with Gasteiger partial charge >= 0.3 is 0 Å². The molecule has 4 heterocycles. The lowest BCUT2D eigenvalue weighted by atomic mass is 10.0. The second-order valence-corrected chi connectivity index (χ2v) is 10.3. The van der Waals surface area contributed by atoms with E-state index in [-0.39, 0.29) is 49.3 Å². The van der Waals surface area contributed by atoms with E-state index >= 15 is 0 Å². The van der Waals surface area contributed by atoms with Crippen molar-refractivity contribution in [1.82, 2.24) is 40.0 Å². The average Bonchev–Trinajstić information content (AvgIpc) is 3.61. The van der Waals surface area contributed by atoms with Crippen LogP contribution in [-0.4, -0.2) is 86.5 Å². The number of nitrogens with zero attached hydrogens (tertiary/aromatic N) is 5. The first-order valence-corrected chi connectivity index (χ1v) is 14.3. The Morgan fingerprint density at radius 1 is 0.977 bits per heavy atom. The molecule has 224 valence electrons. The second kappa shape index (κ2) is 13.6. The standard InChI is InChI=1S/C30H35N9O4/c1-37-16-17-39-29(37)23(20-35-39)30(43)38-14-5-8-26(40)33-12-11-31-22-9-10-32-24(19-22)28(42)36-25(27(41)34-13-15-38)18-21-6-3-2-4-7-21/h2-4,6-7,9-10,16-17,19-20,25,31H,5,8,11-15,18H2,1H3,(H,33,40)(H,34,41)(H,36,42)/t25-/m0/s1. The summed E-state index contributed by atoms with van der Waals surface area (Å²) >= 11 is 0. The Bertz CT molecular complexity index is 1600. The number of aromatic nitrogens is 4. The van der Waals surface area contributed by atoms with Crippen molar-refractivity contribution in [3.63, 3.8) is 0 Å². The van der Waals surface area contributed by atoms with Crippen LogP contribution in [0.25, 0.3) is 5.65 Å². The van der Waals surface area contributed by atoms with E-state index < -0.39 is 11.9 Å². The van der Waals surface area contributed by atoms with Gasteiger partial charge in [0.2, 0.25) is 11.8 Å². The smallest absolute Gasteiger partial charge is 0.270 e. The third kappa shape index (κ3) is 7.36. The van der Waals surface area contributed by atoms with Gasteiger partial charge in [0, 0.05) is 76.9 Å². The van der Waals surface area contributed by atoms with Gasteiger partial charge in [0.15, 0.2) is 0 Å². The number of imidazole rings is 1. The molecular formula is C30H35N9O4. The minimum Gasteiger partial charge on any atom is -0.383 e. The van der Waals surface area contributed by atoms with E-state index in [0.29, 0.717) is 43.0 Å². The molecule has 13 nitrogen and oxygen atoms in total. The average molecular weight is 586 g/mol. The number of hydrogen-bond donors (Lipinski definition) is 4. The van der Waals surface area contributed by atoms with E-state index in [4.69, 9.17) is 0 Å². The molecule has 43 heavy (non-hydrogen) atoms. The predicted molar refractivity (Wildman–Crippen MR) is 159 cm³/mol. The van der Waals surface area contributed by atoms with Crippen molar-refractivity contribution in [3.05, 3.63) is 84.1 Å². The molecule has 1 aromatic carbocycles. The molecule has 1 atom stereocenters. The molecule has 0 spiro atoms. The molecule has 4 amide bonds. The van der Waals surface area contributed by atoms with Crippen LogP contribution in [0.5, 0.6) is 0 Å². The first kappa shape index (κ1) is 29.3. The highest BCUT2D eigenvalue weighted by atomic mass is 16.2. The Balaban J connectivity index is 1.36. The molecule has 0 radical (unpaired) electrons. The molecule has 0 fully saturated rings. The third-order valence-electron chi connectivity index (χ3n) is 7.24. The van der Waals surface area contributed by atoms with Crippen LogP contribution < -0.4 is 21.3 Å². The number of hydrogen-bond acceptors (Lipinski definition) is 7. The second-order valence-electron chi connectivity index (χ2n) is 10.3. The summed E-state index contributed by atoms with van der Waals surface area (Å²) in [5, 5.41) is 16.1. The summed E-state index contributed by atoms with van der Waals surface area (Å²) in [7, 11) is 1.83. The molecule has 0 aliphatic carbocycles. The number of carbonyl (C=O) groups is 4. The number of amides is 4. The van der Waals surface area contributed by atoms with Crippen molar-refractivity contribution >= 4 is 35.0 Å². The highest BCUT2D eigenvalue weighted by Gasteiger charge is 2.25. The third-order valence-corrected chi connectivity index (χ3v) is 7.24. The number of aryl methyl sites for hydroxylation is 1. The molecule has 4 aromatic rings. The maximum absolute atomic E-state index is 13.7. The van der Waals surface area contributed by atoms with E-state index in [0.717, 1.165) is 5.56 Å². The topological polar surface area (TPSA) is 155 Å². The van der Waals surface area contributed by atoms with Crippen LogP contribution in [0, 0.1) is 0 Å². The number of fused-ring (bicyclic) bond motifs is 3. The lowest BCUT2D eigenvalue weighted by Crippen LogP contribution is -2.50. The molecule has 4 N–H and O–H groups in total. The van der Waals surface area contributed by atoms with E-state index in [9.17, 15) is 19.2 Å². The van der Waals surface area contributed by atoms with Crippen LogP contribution in [-0.2, 0) is 23.1 Å². The molecule has 0 unspecified atom stereocenters. The maximum Gasteiger partial charge on any atom is 0.270 e. The molecule has 13 heteroatoms. The summed E-state index contributed by atoms with van der Waals surface area (Å²) in [4.78, 5) is 58.6. The first-order chi connectivity index (χ1) is 20.9. The van der Waals surface area contributed by atoms with Gasteiger partial charge in [-0.05, 0) is 24.1 Å². The summed E-state index contributed by atoms with van der Waals surface area (Å²) in [5.41, 5.74) is 2.78. The Morgan fingerprint density at radius 3 is 2.63 bits per heavy atom. The lowest BCUT2D eigenvalue weighted by molar-refractivity contribution is -0.123. The summed E-state index contributed by atoms with van der Waals surface area (Å²) in [6.45, 7) is 1.48. The zero-order valence-corrected chi connectivity index (χ0v) is 24.0. The van der Waals surface area contributed by atoms with Crippen LogP contribution in [0.15, 0.2) is 67.3 Å². The molecule has 5 rings (SSSR count). The van der Waals surface area contributed by atoms with Crippen LogP contribution in [0.4, 0.5) is 5.69 Å². The van der Waals surface area contributed by atoms with Gasteiger partial charge in [-0.2, -0.15) is 5.10 Å². The van der Waals surface area contributed by atoms with Crippen molar-refractivity contribution < 1.29 is 19.2 Å². The molecule has 0 saturated heterocycles. The normalized spacial score (nSPS) is 17.6.